The van der Waals surface area contributed by atoms with Crippen LogP contribution in [0.2, 0.25) is 0 Å². The second kappa shape index (κ2) is 7.61. The molecule has 19 heavy (non-hydrogen) atoms. The van der Waals surface area contributed by atoms with E-state index in [4.69, 9.17) is 0 Å². The molecule has 0 aromatic carbocycles. The molecule has 2 rings (SSSR count). The highest BCUT2D eigenvalue weighted by Crippen LogP contribution is 2.25. The fourth-order valence-electron chi connectivity index (χ4n) is 3.93. The molecule has 1 heterocycles. The van der Waals surface area contributed by atoms with Crippen LogP contribution in [0.5, 0.6) is 0 Å². The Bertz CT molecular complexity index is 256. The van der Waals surface area contributed by atoms with Crippen molar-refractivity contribution in [3.63, 3.8) is 0 Å². The first-order valence-electron chi connectivity index (χ1n) is 8.34. The van der Waals surface area contributed by atoms with Crippen LogP contribution in [-0.2, 0) is 0 Å². The van der Waals surface area contributed by atoms with Gasteiger partial charge in [0.25, 0.3) is 0 Å². The van der Waals surface area contributed by atoms with Crippen molar-refractivity contribution in [2.24, 2.45) is 5.92 Å². The number of hydrogen-bond acceptors (Lipinski definition) is 3. The number of likely N-dealkylation sites (N-methyl/N-ethyl adjacent to an activating group) is 1. The molecule has 0 aromatic heterocycles. The van der Waals surface area contributed by atoms with Gasteiger partial charge in [-0.15, -0.1) is 0 Å². The Balaban J connectivity index is 1.87. The molecule has 3 atom stereocenters. The quantitative estimate of drug-likeness (QED) is 0.788. The van der Waals surface area contributed by atoms with Gasteiger partial charge in [0.1, 0.15) is 0 Å². The molecule has 2 fully saturated rings. The average Bonchev–Trinajstić information content (AvgIpc) is 2.66. The summed E-state index contributed by atoms with van der Waals surface area (Å²) in [4.78, 5) is 5.27. The number of nitrogens with zero attached hydrogens (tertiary/aromatic N) is 2. The van der Waals surface area contributed by atoms with Crippen molar-refractivity contribution >= 4 is 0 Å². The molecule has 0 radical (unpaired) electrons. The molecule has 3 heteroatoms. The predicted molar refractivity (Wildman–Crippen MR) is 82.6 cm³/mol. The van der Waals surface area contributed by atoms with Crippen molar-refractivity contribution in [2.45, 2.75) is 57.5 Å². The highest BCUT2D eigenvalue weighted by Gasteiger charge is 2.28. The monoisotopic (exact) mass is 267 g/mol. The molecule has 0 bridgehead atoms. The second-order valence-electron chi connectivity index (χ2n) is 6.60. The van der Waals surface area contributed by atoms with Crippen LogP contribution in [0.1, 0.15) is 45.4 Å². The van der Waals surface area contributed by atoms with Gasteiger partial charge in [0, 0.05) is 38.3 Å². The Morgan fingerprint density at radius 2 is 1.89 bits per heavy atom. The summed E-state index contributed by atoms with van der Waals surface area (Å²) in [6.45, 7) is 7.43. The van der Waals surface area contributed by atoms with E-state index in [1.54, 1.807) is 0 Å². The van der Waals surface area contributed by atoms with E-state index < -0.39 is 0 Å². The summed E-state index contributed by atoms with van der Waals surface area (Å²) in [6, 6.07) is 1.52. The largest absolute Gasteiger partial charge is 0.317 e. The molecule has 0 aromatic rings. The molecule has 3 nitrogen and oxygen atoms in total. The number of rotatable bonds is 4. The number of hydrogen-bond donors (Lipinski definition) is 1. The molecule has 3 unspecified atom stereocenters. The van der Waals surface area contributed by atoms with Gasteiger partial charge in [-0.3, -0.25) is 0 Å². The van der Waals surface area contributed by atoms with E-state index in [1.807, 2.05) is 0 Å². The molecule has 1 saturated carbocycles. The summed E-state index contributed by atoms with van der Waals surface area (Å²) in [7, 11) is 4.44. The van der Waals surface area contributed by atoms with Crippen molar-refractivity contribution in [3.05, 3.63) is 0 Å². The van der Waals surface area contributed by atoms with Crippen LogP contribution in [-0.4, -0.2) is 62.2 Å². The number of nitrogens with one attached hydrogen (secondary N) is 1. The Hall–Kier alpha value is -0.120. The van der Waals surface area contributed by atoms with Crippen LogP contribution in [0.25, 0.3) is 0 Å². The van der Waals surface area contributed by atoms with E-state index >= 15 is 0 Å². The summed E-state index contributed by atoms with van der Waals surface area (Å²) in [5.41, 5.74) is 0. The van der Waals surface area contributed by atoms with Crippen molar-refractivity contribution in [2.75, 3.05) is 40.3 Å². The normalized spacial score (nSPS) is 35.2. The first-order chi connectivity index (χ1) is 9.24. The first kappa shape index (κ1) is 15.3. The van der Waals surface area contributed by atoms with E-state index in [1.165, 1.54) is 64.7 Å². The van der Waals surface area contributed by atoms with Crippen LogP contribution in [0.15, 0.2) is 0 Å². The zero-order chi connectivity index (χ0) is 13.7. The Kier molecular flexibility index (Phi) is 6.11. The van der Waals surface area contributed by atoms with Crippen molar-refractivity contribution < 1.29 is 0 Å². The molecule has 1 aliphatic carbocycles. The van der Waals surface area contributed by atoms with E-state index in [9.17, 15) is 0 Å². The molecule has 0 amide bonds. The van der Waals surface area contributed by atoms with Gasteiger partial charge in [-0.05, 0) is 39.3 Å². The van der Waals surface area contributed by atoms with Crippen LogP contribution >= 0.6 is 0 Å². The van der Waals surface area contributed by atoms with Crippen LogP contribution in [0.4, 0.5) is 0 Å². The van der Waals surface area contributed by atoms with Gasteiger partial charge in [-0.1, -0.05) is 26.2 Å². The van der Waals surface area contributed by atoms with E-state index in [-0.39, 0.29) is 0 Å². The molecule has 0 spiro atoms. The standard InChI is InChI=1S/C16H33N3/c1-4-15-13-19(11-10-18(15)3)12-14-8-6-5-7-9-16(14)17-2/h14-17H,4-13H2,1-3H3. The summed E-state index contributed by atoms with van der Waals surface area (Å²) in [6.07, 6.45) is 8.39. The third-order valence-electron chi connectivity index (χ3n) is 5.36. The highest BCUT2D eigenvalue weighted by molar-refractivity contribution is 4.85. The van der Waals surface area contributed by atoms with Gasteiger partial charge in [0.05, 0.1) is 0 Å². The smallest absolute Gasteiger partial charge is 0.0218 e. The van der Waals surface area contributed by atoms with E-state index in [0.29, 0.717) is 0 Å². The molecular formula is C16H33N3. The van der Waals surface area contributed by atoms with Crippen molar-refractivity contribution in [1.82, 2.24) is 15.1 Å². The minimum atomic E-state index is 0.752. The molecule has 1 N–H and O–H groups in total. The fourth-order valence-corrected chi connectivity index (χ4v) is 3.93. The fraction of sp³-hybridized carbons (Fsp3) is 1.00. The Morgan fingerprint density at radius 1 is 1.11 bits per heavy atom. The SMILES string of the molecule is CCC1CN(CC2CCCCCC2NC)CCN1C. The van der Waals surface area contributed by atoms with Gasteiger partial charge in [-0.25, -0.2) is 0 Å². The molecule has 1 aliphatic heterocycles. The molecule has 112 valence electrons. The lowest BCUT2D eigenvalue weighted by Crippen LogP contribution is -2.53. The van der Waals surface area contributed by atoms with Gasteiger partial charge in [0.15, 0.2) is 0 Å². The van der Waals surface area contributed by atoms with Crippen LogP contribution in [0.3, 0.4) is 0 Å². The van der Waals surface area contributed by atoms with Crippen molar-refractivity contribution in [1.29, 1.82) is 0 Å². The van der Waals surface area contributed by atoms with E-state index in [2.05, 4.69) is 36.1 Å². The minimum absolute atomic E-state index is 0.752. The Morgan fingerprint density at radius 3 is 2.63 bits per heavy atom. The van der Waals surface area contributed by atoms with Gasteiger partial charge < -0.3 is 15.1 Å². The van der Waals surface area contributed by atoms with Gasteiger partial charge >= 0.3 is 0 Å². The molecule has 2 aliphatic rings. The summed E-state index contributed by atoms with van der Waals surface area (Å²) in [5.74, 6) is 0.869. The lowest BCUT2D eigenvalue weighted by Gasteiger charge is -2.41. The lowest BCUT2D eigenvalue weighted by molar-refractivity contribution is 0.0751. The minimum Gasteiger partial charge on any atom is -0.317 e. The van der Waals surface area contributed by atoms with Crippen molar-refractivity contribution in [3.8, 4) is 0 Å². The maximum atomic E-state index is 3.58. The zero-order valence-corrected chi connectivity index (χ0v) is 13.2. The summed E-state index contributed by atoms with van der Waals surface area (Å²) in [5, 5.41) is 3.58. The van der Waals surface area contributed by atoms with Gasteiger partial charge in [0.2, 0.25) is 0 Å². The summed E-state index contributed by atoms with van der Waals surface area (Å²) < 4.78 is 0. The van der Waals surface area contributed by atoms with Gasteiger partial charge in [-0.2, -0.15) is 0 Å². The second-order valence-corrected chi connectivity index (χ2v) is 6.60. The maximum Gasteiger partial charge on any atom is 0.0218 e. The van der Waals surface area contributed by atoms with Crippen LogP contribution < -0.4 is 5.32 Å². The van der Waals surface area contributed by atoms with Crippen LogP contribution in [0, 0.1) is 5.92 Å². The maximum absolute atomic E-state index is 3.58. The number of piperazine rings is 1. The zero-order valence-electron chi connectivity index (χ0n) is 13.2. The topological polar surface area (TPSA) is 18.5 Å². The van der Waals surface area contributed by atoms with E-state index in [0.717, 1.165) is 18.0 Å². The molecular weight excluding hydrogens is 234 g/mol. The third-order valence-corrected chi connectivity index (χ3v) is 5.36. The first-order valence-corrected chi connectivity index (χ1v) is 8.34. The highest BCUT2D eigenvalue weighted by atomic mass is 15.3. The Labute approximate surface area is 119 Å². The average molecular weight is 267 g/mol. The predicted octanol–water partition coefficient (Wildman–Crippen LogP) is 2.18. The third kappa shape index (κ3) is 4.17. The lowest BCUT2D eigenvalue weighted by atomic mass is 9.93. The summed E-state index contributed by atoms with van der Waals surface area (Å²) >= 11 is 0. The molecule has 1 saturated heterocycles.